The second kappa shape index (κ2) is 3.35. The first-order valence-electron chi connectivity index (χ1n) is 3.02. The molecule has 1 aromatic rings. The van der Waals surface area contributed by atoms with Gasteiger partial charge in [0.1, 0.15) is 5.82 Å². The molecule has 1 rings (SSSR count). The van der Waals surface area contributed by atoms with Crippen LogP contribution in [0.25, 0.3) is 0 Å². The molecule has 0 amide bonds. The van der Waals surface area contributed by atoms with Crippen molar-refractivity contribution in [1.82, 2.24) is 4.98 Å². The summed E-state index contributed by atoms with van der Waals surface area (Å²) in [6.07, 6.45) is 1.80. The number of nitrogens with one attached hydrogen (secondary N) is 1. The molecule has 0 spiro atoms. The lowest BCUT2D eigenvalue weighted by Crippen LogP contribution is -1.92. The molecular weight excluding hydrogens is 206 g/mol. The van der Waals surface area contributed by atoms with E-state index < -0.39 is 0 Å². The van der Waals surface area contributed by atoms with Gasteiger partial charge in [0.15, 0.2) is 6.19 Å². The Labute approximate surface area is 73.2 Å². The van der Waals surface area contributed by atoms with Gasteiger partial charge in [-0.2, -0.15) is 5.26 Å². The Morgan fingerprint density at radius 3 is 2.91 bits per heavy atom. The van der Waals surface area contributed by atoms with E-state index in [0.29, 0.717) is 5.82 Å². The SMILES string of the molecule is Cc1nc(NC#N)ccc1Br. The Bertz CT molecular complexity index is 303. The van der Waals surface area contributed by atoms with Crippen molar-refractivity contribution in [2.24, 2.45) is 0 Å². The molecule has 0 saturated carbocycles. The van der Waals surface area contributed by atoms with E-state index in [2.05, 4.69) is 26.2 Å². The number of rotatable bonds is 1. The second-order valence-electron chi connectivity index (χ2n) is 2.00. The molecule has 1 N–H and O–H groups in total. The molecule has 11 heavy (non-hydrogen) atoms. The van der Waals surface area contributed by atoms with Gasteiger partial charge in [-0.15, -0.1) is 0 Å². The zero-order chi connectivity index (χ0) is 8.27. The van der Waals surface area contributed by atoms with Gasteiger partial charge < -0.3 is 0 Å². The van der Waals surface area contributed by atoms with E-state index in [9.17, 15) is 0 Å². The molecule has 0 saturated heterocycles. The quantitative estimate of drug-likeness (QED) is 0.572. The largest absolute Gasteiger partial charge is 0.277 e. The number of nitriles is 1. The number of hydrogen-bond acceptors (Lipinski definition) is 3. The third-order valence-corrected chi connectivity index (χ3v) is 2.04. The van der Waals surface area contributed by atoms with Crippen LogP contribution in [0.15, 0.2) is 16.6 Å². The van der Waals surface area contributed by atoms with Gasteiger partial charge in [0.05, 0.1) is 5.69 Å². The van der Waals surface area contributed by atoms with Crippen LogP contribution in [0, 0.1) is 18.4 Å². The molecule has 0 aromatic carbocycles. The smallest absolute Gasteiger partial charge is 0.182 e. The number of hydrogen-bond donors (Lipinski definition) is 1. The highest BCUT2D eigenvalue weighted by molar-refractivity contribution is 9.10. The molecular formula is C7H6BrN3. The fourth-order valence-electron chi connectivity index (χ4n) is 0.671. The summed E-state index contributed by atoms with van der Waals surface area (Å²) < 4.78 is 0.945. The summed E-state index contributed by atoms with van der Waals surface area (Å²) >= 11 is 3.31. The summed E-state index contributed by atoms with van der Waals surface area (Å²) in [6.45, 7) is 1.87. The summed E-state index contributed by atoms with van der Waals surface area (Å²) in [5.74, 6) is 0.577. The highest BCUT2D eigenvalue weighted by Crippen LogP contribution is 2.15. The van der Waals surface area contributed by atoms with E-state index in [1.807, 2.05) is 13.0 Å². The molecule has 1 heterocycles. The van der Waals surface area contributed by atoms with Crippen molar-refractivity contribution < 1.29 is 0 Å². The third kappa shape index (κ3) is 1.92. The average molecular weight is 212 g/mol. The van der Waals surface area contributed by atoms with E-state index in [1.165, 1.54) is 0 Å². The summed E-state index contributed by atoms with van der Waals surface area (Å²) in [6, 6.07) is 3.59. The fourth-order valence-corrected chi connectivity index (χ4v) is 0.892. The Morgan fingerprint density at radius 1 is 1.64 bits per heavy atom. The molecule has 3 nitrogen and oxygen atoms in total. The molecule has 0 atom stereocenters. The number of aromatic nitrogens is 1. The van der Waals surface area contributed by atoms with Crippen LogP contribution >= 0.6 is 15.9 Å². The van der Waals surface area contributed by atoms with Crippen molar-refractivity contribution in [1.29, 1.82) is 5.26 Å². The molecule has 0 aliphatic rings. The average Bonchev–Trinajstić information content (AvgIpc) is 1.98. The van der Waals surface area contributed by atoms with Crippen LogP contribution in [-0.4, -0.2) is 4.98 Å². The van der Waals surface area contributed by atoms with Gasteiger partial charge in [-0.25, -0.2) is 4.98 Å². The summed E-state index contributed by atoms with van der Waals surface area (Å²) in [7, 11) is 0. The van der Waals surface area contributed by atoms with Gasteiger partial charge >= 0.3 is 0 Å². The van der Waals surface area contributed by atoms with Crippen LogP contribution in [0.2, 0.25) is 0 Å². The first-order chi connectivity index (χ1) is 5.24. The Kier molecular flexibility index (Phi) is 2.44. The van der Waals surface area contributed by atoms with Crippen LogP contribution in [0.1, 0.15) is 5.69 Å². The minimum atomic E-state index is 0.577. The van der Waals surface area contributed by atoms with Gasteiger partial charge in [0.25, 0.3) is 0 Å². The van der Waals surface area contributed by atoms with Gasteiger partial charge in [0.2, 0.25) is 0 Å². The van der Waals surface area contributed by atoms with E-state index in [4.69, 9.17) is 5.26 Å². The molecule has 1 aromatic heterocycles. The van der Waals surface area contributed by atoms with Gasteiger partial charge in [0, 0.05) is 4.47 Å². The van der Waals surface area contributed by atoms with Gasteiger partial charge in [-0.05, 0) is 35.0 Å². The van der Waals surface area contributed by atoms with Crippen molar-refractivity contribution in [3.05, 3.63) is 22.3 Å². The zero-order valence-corrected chi connectivity index (χ0v) is 7.51. The predicted molar refractivity (Wildman–Crippen MR) is 45.9 cm³/mol. The summed E-state index contributed by atoms with van der Waals surface area (Å²) in [4.78, 5) is 4.08. The molecule has 4 heteroatoms. The number of aryl methyl sites for hydroxylation is 1. The number of anilines is 1. The van der Waals surface area contributed by atoms with Crippen LogP contribution < -0.4 is 5.32 Å². The van der Waals surface area contributed by atoms with E-state index in [-0.39, 0.29) is 0 Å². The normalized spacial score (nSPS) is 8.82. The number of nitrogens with zero attached hydrogens (tertiary/aromatic N) is 2. The van der Waals surface area contributed by atoms with Crippen LogP contribution in [0.3, 0.4) is 0 Å². The van der Waals surface area contributed by atoms with Crippen molar-refractivity contribution in [2.45, 2.75) is 6.92 Å². The number of halogens is 1. The zero-order valence-electron chi connectivity index (χ0n) is 5.93. The summed E-state index contributed by atoms with van der Waals surface area (Å²) in [5, 5.41) is 10.7. The Balaban J connectivity index is 2.98. The number of pyridine rings is 1. The van der Waals surface area contributed by atoms with Crippen molar-refractivity contribution >= 4 is 21.7 Å². The first kappa shape index (κ1) is 8.02. The van der Waals surface area contributed by atoms with E-state index in [1.54, 1.807) is 12.3 Å². The topological polar surface area (TPSA) is 48.7 Å². The standard InChI is InChI=1S/C7H6BrN3/c1-5-6(8)2-3-7(11-5)10-4-9/h2-3H,1H3,(H,10,11). The van der Waals surface area contributed by atoms with E-state index >= 15 is 0 Å². The monoisotopic (exact) mass is 211 g/mol. The minimum Gasteiger partial charge on any atom is -0.277 e. The molecule has 0 bridgehead atoms. The summed E-state index contributed by atoms with van der Waals surface area (Å²) in [5.41, 5.74) is 0.866. The maximum atomic E-state index is 8.27. The lowest BCUT2D eigenvalue weighted by Gasteiger charge is -1.99. The maximum absolute atomic E-state index is 8.27. The minimum absolute atomic E-state index is 0.577. The molecule has 0 aliphatic heterocycles. The molecule has 0 unspecified atom stereocenters. The highest BCUT2D eigenvalue weighted by atomic mass is 79.9. The van der Waals surface area contributed by atoms with Crippen molar-refractivity contribution in [2.75, 3.05) is 5.32 Å². The maximum Gasteiger partial charge on any atom is 0.182 e. The highest BCUT2D eigenvalue weighted by Gasteiger charge is 1.96. The van der Waals surface area contributed by atoms with Crippen LogP contribution in [0.4, 0.5) is 5.82 Å². The fraction of sp³-hybridized carbons (Fsp3) is 0.143. The molecule has 0 aliphatic carbocycles. The Hall–Kier alpha value is -1.08. The lowest BCUT2D eigenvalue weighted by atomic mass is 10.4. The van der Waals surface area contributed by atoms with Crippen LogP contribution in [0.5, 0.6) is 0 Å². The predicted octanol–water partition coefficient (Wildman–Crippen LogP) is 2.05. The lowest BCUT2D eigenvalue weighted by molar-refractivity contribution is 1.18. The Morgan fingerprint density at radius 2 is 2.36 bits per heavy atom. The molecule has 56 valence electrons. The molecule has 0 radical (unpaired) electrons. The third-order valence-electron chi connectivity index (χ3n) is 1.21. The van der Waals surface area contributed by atoms with Gasteiger partial charge in [-0.3, -0.25) is 5.32 Å². The van der Waals surface area contributed by atoms with Crippen LogP contribution in [-0.2, 0) is 0 Å². The van der Waals surface area contributed by atoms with Crippen molar-refractivity contribution in [3.8, 4) is 6.19 Å². The van der Waals surface area contributed by atoms with E-state index in [0.717, 1.165) is 10.2 Å². The second-order valence-corrected chi connectivity index (χ2v) is 2.85. The van der Waals surface area contributed by atoms with Gasteiger partial charge in [-0.1, -0.05) is 0 Å². The first-order valence-corrected chi connectivity index (χ1v) is 3.81. The molecule has 0 fully saturated rings. The van der Waals surface area contributed by atoms with Crippen molar-refractivity contribution in [3.63, 3.8) is 0 Å².